The van der Waals surface area contributed by atoms with Crippen molar-refractivity contribution in [3.63, 3.8) is 0 Å². The Morgan fingerprint density at radius 2 is 2.00 bits per heavy atom. The van der Waals surface area contributed by atoms with Gasteiger partial charge in [-0.05, 0) is 41.7 Å². The molecule has 2 amide bonds. The van der Waals surface area contributed by atoms with Gasteiger partial charge in [-0.25, -0.2) is 4.79 Å². The minimum absolute atomic E-state index is 0.0805. The fourth-order valence-corrected chi connectivity index (χ4v) is 3.23. The number of nitrogens with one attached hydrogen (secondary N) is 2. The average Bonchev–Trinajstić information content (AvgIpc) is 2.90. The summed E-state index contributed by atoms with van der Waals surface area (Å²) in [4.78, 5) is 12.1. The summed E-state index contributed by atoms with van der Waals surface area (Å²) in [5, 5.41) is 7.00. The molecule has 0 aliphatic heterocycles. The SMILES string of the molecule is O=C(NCc1ccc(Cl)cc1Cl)NC1CCc2ccccc21. The van der Waals surface area contributed by atoms with E-state index in [0.717, 1.165) is 18.4 Å². The maximum Gasteiger partial charge on any atom is 0.315 e. The smallest absolute Gasteiger partial charge is 0.315 e. The summed E-state index contributed by atoms with van der Waals surface area (Å²) in [5.74, 6) is 0. The molecule has 114 valence electrons. The minimum atomic E-state index is -0.187. The van der Waals surface area contributed by atoms with Crippen molar-refractivity contribution >= 4 is 29.2 Å². The lowest BCUT2D eigenvalue weighted by atomic mass is 10.1. The first kappa shape index (κ1) is 15.2. The van der Waals surface area contributed by atoms with E-state index >= 15 is 0 Å². The van der Waals surface area contributed by atoms with Gasteiger partial charge in [0, 0.05) is 16.6 Å². The second-order valence-electron chi connectivity index (χ2n) is 5.35. The monoisotopic (exact) mass is 334 g/mol. The van der Waals surface area contributed by atoms with Gasteiger partial charge in [-0.3, -0.25) is 0 Å². The Labute approximate surface area is 139 Å². The van der Waals surface area contributed by atoms with Crippen molar-refractivity contribution in [3.05, 3.63) is 69.2 Å². The minimum Gasteiger partial charge on any atom is -0.334 e. The zero-order valence-corrected chi connectivity index (χ0v) is 13.4. The molecule has 0 spiro atoms. The number of hydrogen-bond donors (Lipinski definition) is 2. The average molecular weight is 335 g/mol. The van der Waals surface area contributed by atoms with E-state index in [9.17, 15) is 4.79 Å². The van der Waals surface area contributed by atoms with Gasteiger partial charge in [0.25, 0.3) is 0 Å². The van der Waals surface area contributed by atoms with Crippen molar-refractivity contribution in [2.24, 2.45) is 0 Å². The molecule has 2 aromatic carbocycles. The van der Waals surface area contributed by atoms with Crippen LogP contribution < -0.4 is 10.6 Å². The Morgan fingerprint density at radius 3 is 2.82 bits per heavy atom. The van der Waals surface area contributed by atoms with E-state index < -0.39 is 0 Å². The van der Waals surface area contributed by atoms with Crippen LogP contribution in [0.2, 0.25) is 10.0 Å². The Morgan fingerprint density at radius 1 is 1.18 bits per heavy atom. The van der Waals surface area contributed by atoms with E-state index in [1.165, 1.54) is 11.1 Å². The molecular weight excluding hydrogens is 319 g/mol. The van der Waals surface area contributed by atoms with E-state index in [2.05, 4.69) is 22.8 Å². The molecule has 2 aromatic rings. The van der Waals surface area contributed by atoms with Gasteiger partial charge < -0.3 is 10.6 Å². The fraction of sp³-hybridized carbons (Fsp3) is 0.235. The number of fused-ring (bicyclic) bond motifs is 1. The first-order valence-corrected chi connectivity index (χ1v) is 7.95. The standard InChI is InChI=1S/C17H16Cl2N2O/c18-13-7-5-12(15(19)9-13)10-20-17(22)21-16-8-6-11-3-1-2-4-14(11)16/h1-5,7,9,16H,6,8,10H2,(H2,20,21,22). The molecule has 0 heterocycles. The normalized spacial score (nSPS) is 16.2. The highest BCUT2D eigenvalue weighted by atomic mass is 35.5. The molecule has 1 aliphatic rings. The molecular formula is C17H16Cl2N2O. The van der Waals surface area contributed by atoms with Crippen molar-refractivity contribution in [3.8, 4) is 0 Å². The van der Waals surface area contributed by atoms with Gasteiger partial charge in [0.1, 0.15) is 0 Å². The van der Waals surface area contributed by atoms with Gasteiger partial charge >= 0.3 is 6.03 Å². The Bertz CT molecular complexity index is 703. The highest BCUT2D eigenvalue weighted by Gasteiger charge is 2.23. The summed E-state index contributed by atoms with van der Waals surface area (Å²) in [6.45, 7) is 0.371. The van der Waals surface area contributed by atoms with Gasteiger partial charge in [-0.15, -0.1) is 0 Å². The van der Waals surface area contributed by atoms with Gasteiger partial charge in [0.15, 0.2) is 0 Å². The van der Waals surface area contributed by atoms with E-state index in [-0.39, 0.29) is 12.1 Å². The Balaban J connectivity index is 1.57. The lowest BCUT2D eigenvalue weighted by Crippen LogP contribution is -2.36. The van der Waals surface area contributed by atoms with Crippen LogP contribution >= 0.6 is 23.2 Å². The molecule has 0 saturated carbocycles. The predicted molar refractivity (Wildman–Crippen MR) is 89.3 cm³/mol. The lowest BCUT2D eigenvalue weighted by molar-refractivity contribution is 0.236. The van der Waals surface area contributed by atoms with Crippen LogP contribution in [0.1, 0.15) is 29.2 Å². The number of amides is 2. The number of urea groups is 1. The molecule has 0 saturated heterocycles. The molecule has 1 atom stereocenters. The molecule has 5 heteroatoms. The largest absolute Gasteiger partial charge is 0.334 e. The summed E-state index contributed by atoms with van der Waals surface area (Å²) in [6.07, 6.45) is 1.94. The van der Waals surface area contributed by atoms with Crippen LogP contribution in [0.5, 0.6) is 0 Å². The third-order valence-electron chi connectivity index (χ3n) is 3.89. The van der Waals surface area contributed by atoms with Crippen LogP contribution in [-0.4, -0.2) is 6.03 Å². The van der Waals surface area contributed by atoms with Crippen LogP contribution in [0.4, 0.5) is 4.79 Å². The molecule has 0 aromatic heterocycles. The highest BCUT2D eigenvalue weighted by molar-refractivity contribution is 6.35. The van der Waals surface area contributed by atoms with E-state index in [0.29, 0.717) is 16.6 Å². The van der Waals surface area contributed by atoms with Crippen molar-refractivity contribution in [2.75, 3.05) is 0 Å². The third-order valence-corrected chi connectivity index (χ3v) is 4.48. The Kier molecular flexibility index (Phi) is 4.55. The number of carbonyl (C=O) groups is 1. The van der Waals surface area contributed by atoms with Crippen LogP contribution in [0, 0.1) is 0 Å². The first-order valence-electron chi connectivity index (χ1n) is 7.19. The Hall–Kier alpha value is -1.71. The summed E-state index contributed by atoms with van der Waals surface area (Å²) in [6, 6.07) is 13.4. The van der Waals surface area contributed by atoms with Gasteiger partial charge in [0.2, 0.25) is 0 Å². The number of hydrogen-bond acceptors (Lipinski definition) is 1. The molecule has 2 N–H and O–H groups in total. The summed E-state index contributed by atoms with van der Waals surface area (Å²) in [5.41, 5.74) is 3.36. The van der Waals surface area contributed by atoms with Crippen molar-refractivity contribution in [1.82, 2.24) is 10.6 Å². The highest BCUT2D eigenvalue weighted by Crippen LogP contribution is 2.30. The zero-order chi connectivity index (χ0) is 15.5. The van der Waals surface area contributed by atoms with Crippen LogP contribution in [-0.2, 0) is 13.0 Å². The van der Waals surface area contributed by atoms with Gasteiger partial charge in [-0.2, -0.15) is 0 Å². The zero-order valence-electron chi connectivity index (χ0n) is 11.9. The number of carbonyl (C=O) groups excluding carboxylic acids is 1. The van der Waals surface area contributed by atoms with Crippen molar-refractivity contribution < 1.29 is 4.79 Å². The lowest BCUT2D eigenvalue weighted by Gasteiger charge is -2.15. The van der Waals surface area contributed by atoms with Crippen LogP contribution in [0.25, 0.3) is 0 Å². The molecule has 1 aliphatic carbocycles. The van der Waals surface area contributed by atoms with E-state index in [1.807, 2.05) is 18.2 Å². The van der Waals surface area contributed by atoms with E-state index in [4.69, 9.17) is 23.2 Å². The maximum absolute atomic E-state index is 12.1. The summed E-state index contributed by atoms with van der Waals surface area (Å²) < 4.78 is 0. The third kappa shape index (κ3) is 3.37. The second kappa shape index (κ2) is 6.59. The van der Waals surface area contributed by atoms with Gasteiger partial charge in [-0.1, -0.05) is 53.5 Å². The molecule has 3 rings (SSSR count). The second-order valence-corrected chi connectivity index (χ2v) is 6.20. The van der Waals surface area contributed by atoms with Crippen molar-refractivity contribution in [2.45, 2.75) is 25.4 Å². The first-order chi connectivity index (χ1) is 10.6. The topological polar surface area (TPSA) is 41.1 Å². The van der Waals surface area contributed by atoms with Crippen LogP contribution in [0.3, 0.4) is 0 Å². The summed E-state index contributed by atoms with van der Waals surface area (Å²) >= 11 is 12.0. The molecule has 0 radical (unpaired) electrons. The van der Waals surface area contributed by atoms with Crippen molar-refractivity contribution in [1.29, 1.82) is 0 Å². The molecule has 0 bridgehead atoms. The number of benzene rings is 2. The molecule has 1 unspecified atom stereocenters. The van der Waals surface area contributed by atoms with E-state index in [1.54, 1.807) is 12.1 Å². The quantitative estimate of drug-likeness (QED) is 0.853. The van der Waals surface area contributed by atoms with Crippen LogP contribution in [0.15, 0.2) is 42.5 Å². The molecule has 3 nitrogen and oxygen atoms in total. The number of rotatable bonds is 3. The predicted octanol–water partition coefficient (Wildman–Crippen LogP) is 4.48. The molecule has 0 fully saturated rings. The van der Waals surface area contributed by atoms with Gasteiger partial charge in [0.05, 0.1) is 6.04 Å². The summed E-state index contributed by atoms with van der Waals surface area (Å²) in [7, 11) is 0. The molecule has 22 heavy (non-hydrogen) atoms. The maximum atomic E-state index is 12.1. The fourth-order valence-electron chi connectivity index (χ4n) is 2.76. The number of halogens is 2. The number of aryl methyl sites for hydroxylation is 1.